The van der Waals surface area contributed by atoms with Crippen LogP contribution in [-0.4, -0.2) is 65.4 Å². The summed E-state index contributed by atoms with van der Waals surface area (Å²) in [6, 6.07) is 9.78. The molecule has 1 N–H and O–H groups in total. The number of carbonyl (C=O) groups is 2. The molecule has 0 bridgehead atoms. The van der Waals surface area contributed by atoms with Gasteiger partial charge in [0.05, 0.1) is 18.2 Å². The van der Waals surface area contributed by atoms with E-state index < -0.39 is 17.7 Å². The summed E-state index contributed by atoms with van der Waals surface area (Å²) >= 11 is 0. The average molecular weight is 424 g/mol. The Morgan fingerprint density at radius 3 is 2.42 bits per heavy atom. The average Bonchev–Trinajstić information content (AvgIpc) is 3.03. The SMILES string of the molecule is CCCOc1ccc(/C(O)=C2\C(=O)C(=O)N(CCCN(C)C)[C@H]2c2ccncc2)cc1. The second-order valence-electron chi connectivity index (χ2n) is 7.80. The minimum absolute atomic E-state index is 0.100. The second kappa shape index (κ2) is 10.2. The first-order valence-corrected chi connectivity index (χ1v) is 10.5. The number of benzene rings is 1. The molecule has 1 aromatic carbocycles. The van der Waals surface area contributed by atoms with Gasteiger partial charge in [0, 0.05) is 24.5 Å². The van der Waals surface area contributed by atoms with Gasteiger partial charge < -0.3 is 19.6 Å². The Morgan fingerprint density at radius 2 is 1.81 bits per heavy atom. The fourth-order valence-electron chi connectivity index (χ4n) is 3.64. The van der Waals surface area contributed by atoms with E-state index in [2.05, 4.69) is 4.98 Å². The first-order chi connectivity index (χ1) is 14.9. The normalized spacial score (nSPS) is 18.1. The zero-order chi connectivity index (χ0) is 22.4. The van der Waals surface area contributed by atoms with Gasteiger partial charge in [-0.15, -0.1) is 0 Å². The Kier molecular flexibility index (Phi) is 7.41. The van der Waals surface area contributed by atoms with Crippen molar-refractivity contribution in [2.24, 2.45) is 0 Å². The van der Waals surface area contributed by atoms with Gasteiger partial charge in [-0.1, -0.05) is 6.92 Å². The van der Waals surface area contributed by atoms with Gasteiger partial charge in [0.15, 0.2) is 0 Å². The van der Waals surface area contributed by atoms with E-state index in [4.69, 9.17) is 4.74 Å². The molecule has 1 aliphatic heterocycles. The largest absolute Gasteiger partial charge is 0.507 e. The van der Waals surface area contributed by atoms with Crippen LogP contribution < -0.4 is 4.74 Å². The van der Waals surface area contributed by atoms with Crippen molar-refractivity contribution in [1.29, 1.82) is 0 Å². The Labute approximate surface area is 183 Å². The lowest BCUT2D eigenvalue weighted by atomic mass is 9.96. The zero-order valence-electron chi connectivity index (χ0n) is 18.2. The molecule has 1 aliphatic rings. The highest BCUT2D eigenvalue weighted by Gasteiger charge is 2.45. The molecule has 0 saturated carbocycles. The summed E-state index contributed by atoms with van der Waals surface area (Å²) in [5.74, 6) is -0.758. The maximum absolute atomic E-state index is 13.0. The lowest BCUT2D eigenvalue weighted by Crippen LogP contribution is -2.32. The highest BCUT2D eigenvalue weighted by atomic mass is 16.5. The molecule has 0 radical (unpaired) electrons. The predicted molar refractivity (Wildman–Crippen MR) is 119 cm³/mol. The van der Waals surface area contributed by atoms with Crippen molar-refractivity contribution < 1.29 is 19.4 Å². The van der Waals surface area contributed by atoms with Crippen molar-refractivity contribution in [2.45, 2.75) is 25.8 Å². The molecule has 1 atom stereocenters. The molecule has 2 heterocycles. The maximum Gasteiger partial charge on any atom is 0.295 e. The molecule has 1 fully saturated rings. The number of hydrogen-bond acceptors (Lipinski definition) is 6. The first kappa shape index (κ1) is 22.5. The summed E-state index contributed by atoms with van der Waals surface area (Å²) < 4.78 is 5.59. The van der Waals surface area contributed by atoms with E-state index in [-0.39, 0.29) is 11.3 Å². The third-order valence-electron chi connectivity index (χ3n) is 5.17. The number of ether oxygens (including phenoxy) is 1. The van der Waals surface area contributed by atoms with Gasteiger partial charge in [-0.05, 0) is 75.4 Å². The Bertz CT molecular complexity index is 939. The van der Waals surface area contributed by atoms with E-state index in [0.717, 1.165) is 18.5 Å². The molecule has 1 saturated heterocycles. The van der Waals surface area contributed by atoms with Crippen molar-refractivity contribution in [3.05, 3.63) is 65.5 Å². The molecule has 164 valence electrons. The molecule has 1 amide bonds. The van der Waals surface area contributed by atoms with Crippen molar-refractivity contribution in [1.82, 2.24) is 14.8 Å². The lowest BCUT2D eigenvalue weighted by Gasteiger charge is -2.25. The minimum Gasteiger partial charge on any atom is -0.507 e. The number of hydrogen-bond donors (Lipinski definition) is 1. The second-order valence-corrected chi connectivity index (χ2v) is 7.80. The number of pyridine rings is 1. The number of aromatic nitrogens is 1. The van der Waals surface area contributed by atoms with Crippen molar-refractivity contribution in [3.8, 4) is 5.75 Å². The van der Waals surface area contributed by atoms with E-state index in [9.17, 15) is 14.7 Å². The van der Waals surface area contributed by atoms with Gasteiger partial charge in [0.25, 0.3) is 11.7 Å². The fraction of sp³-hybridized carbons (Fsp3) is 0.375. The Morgan fingerprint density at radius 1 is 1.13 bits per heavy atom. The molecule has 2 aromatic rings. The molecule has 0 aliphatic carbocycles. The first-order valence-electron chi connectivity index (χ1n) is 10.5. The van der Waals surface area contributed by atoms with Crippen LogP contribution in [0.4, 0.5) is 0 Å². The summed E-state index contributed by atoms with van der Waals surface area (Å²) in [5.41, 5.74) is 1.31. The fourth-order valence-corrected chi connectivity index (χ4v) is 3.64. The van der Waals surface area contributed by atoms with Gasteiger partial charge in [-0.25, -0.2) is 0 Å². The van der Waals surface area contributed by atoms with Crippen molar-refractivity contribution in [2.75, 3.05) is 33.8 Å². The van der Waals surface area contributed by atoms with Gasteiger partial charge in [-0.2, -0.15) is 0 Å². The number of rotatable bonds is 9. The van der Waals surface area contributed by atoms with Crippen LogP contribution in [0, 0.1) is 0 Å². The Hall–Kier alpha value is -3.19. The van der Waals surface area contributed by atoms with Crippen LogP contribution in [0.15, 0.2) is 54.4 Å². The molecule has 7 heteroatoms. The third-order valence-corrected chi connectivity index (χ3v) is 5.17. The van der Waals surface area contributed by atoms with Crippen molar-refractivity contribution in [3.63, 3.8) is 0 Å². The smallest absolute Gasteiger partial charge is 0.295 e. The van der Waals surface area contributed by atoms with Crippen LogP contribution in [0.1, 0.15) is 36.9 Å². The predicted octanol–water partition coefficient (Wildman–Crippen LogP) is 3.24. The van der Waals surface area contributed by atoms with Crippen LogP contribution in [0.5, 0.6) is 5.75 Å². The molecule has 0 unspecified atom stereocenters. The summed E-state index contributed by atoms with van der Waals surface area (Å²) in [7, 11) is 3.92. The molecule has 31 heavy (non-hydrogen) atoms. The van der Waals surface area contributed by atoms with Gasteiger partial charge >= 0.3 is 0 Å². The topological polar surface area (TPSA) is 83.0 Å². The molecule has 0 spiro atoms. The van der Waals surface area contributed by atoms with E-state index >= 15 is 0 Å². The number of likely N-dealkylation sites (tertiary alicyclic amines) is 1. The number of Topliss-reactive ketones (excluding diaryl/α,β-unsaturated/α-hetero) is 1. The van der Waals surface area contributed by atoms with E-state index in [1.807, 2.05) is 25.9 Å². The number of amides is 1. The van der Waals surface area contributed by atoms with Crippen LogP contribution >= 0.6 is 0 Å². The van der Waals surface area contributed by atoms with Crippen molar-refractivity contribution >= 4 is 17.4 Å². The molecular formula is C24H29N3O4. The van der Waals surface area contributed by atoms with Gasteiger partial charge in [0.1, 0.15) is 11.5 Å². The monoisotopic (exact) mass is 423 g/mol. The van der Waals surface area contributed by atoms with Crippen LogP contribution in [0.3, 0.4) is 0 Å². The van der Waals surface area contributed by atoms with Crippen LogP contribution in [0.25, 0.3) is 5.76 Å². The number of nitrogens with zero attached hydrogens (tertiary/aromatic N) is 3. The Balaban J connectivity index is 1.99. The number of aliphatic hydroxyl groups excluding tert-OH is 1. The van der Waals surface area contributed by atoms with Gasteiger partial charge in [-0.3, -0.25) is 14.6 Å². The molecule has 3 rings (SSSR count). The standard InChI is InChI=1S/C24H29N3O4/c1-4-16-31-19-8-6-18(7-9-19)22(28)20-21(17-10-12-25-13-11-17)27(24(30)23(20)29)15-5-14-26(2)3/h6-13,21,28H,4-5,14-16H2,1-3H3/b22-20+/t21-/m0/s1. The third kappa shape index (κ3) is 5.11. The summed E-state index contributed by atoms with van der Waals surface area (Å²) in [4.78, 5) is 33.4. The number of ketones is 1. The molecule has 7 nitrogen and oxygen atoms in total. The van der Waals surface area contributed by atoms with E-state index in [1.54, 1.807) is 53.7 Å². The van der Waals surface area contributed by atoms with Crippen LogP contribution in [0.2, 0.25) is 0 Å². The minimum atomic E-state index is -0.671. The number of aliphatic hydroxyl groups is 1. The van der Waals surface area contributed by atoms with E-state index in [1.165, 1.54) is 0 Å². The molecular weight excluding hydrogens is 394 g/mol. The van der Waals surface area contributed by atoms with Crippen LogP contribution in [-0.2, 0) is 9.59 Å². The highest BCUT2D eigenvalue weighted by molar-refractivity contribution is 6.46. The van der Waals surface area contributed by atoms with E-state index in [0.29, 0.717) is 30.9 Å². The zero-order valence-corrected chi connectivity index (χ0v) is 18.2. The van der Waals surface area contributed by atoms with Gasteiger partial charge in [0.2, 0.25) is 0 Å². The number of carbonyl (C=O) groups excluding carboxylic acids is 2. The maximum atomic E-state index is 13.0. The quantitative estimate of drug-likeness (QED) is 0.379. The molecule has 1 aromatic heterocycles. The summed E-state index contributed by atoms with van der Waals surface area (Å²) in [5, 5.41) is 11.1. The lowest BCUT2D eigenvalue weighted by molar-refractivity contribution is -0.139. The summed E-state index contributed by atoms with van der Waals surface area (Å²) in [6.07, 6.45) is 4.85. The highest BCUT2D eigenvalue weighted by Crippen LogP contribution is 2.39. The summed E-state index contributed by atoms with van der Waals surface area (Å²) in [6.45, 7) is 3.82.